The molecule has 0 N–H and O–H groups in total. The summed E-state index contributed by atoms with van der Waals surface area (Å²) in [7, 11) is 2.82. The Morgan fingerprint density at radius 3 is 2.43 bits per heavy atom. The summed E-state index contributed by atoms with van der Waals surface area (Å²) in [6.45, 7) is 1.74. The van der Waals surface area contributed by atoms with Crippen LogP contribution in [-0.4, -0.2) is 38.4 Å². The van der Waals surface area contributed by atoms with Crippen molar-refractivity contribution >= 4 is 17.5 Å². The van der Waals surface area contributed by atoms with Crippen molar-refractivity contribution in [3.8, 4) is 11.5 Å². The lowest BCUT2D eigenvalue weighted by atomic mass is 9.88. The van der Waals surface area contributed by atoms with Gasteiger partial charge in [0.25, 0.3) is 0 Å². The van der Waals surface area contributed by atoms with Crippen molar-refractivity contribution in [1.82, 2.24) is 0 Å². The number of hydrogen-bond donors (Lipinski definition) is 0. The van der Waals surface area contributed by atoms with Crippen LogP contribution in [0.3, 0.4) is 0 Å². The van der Waals surface area contributed by atoms with Crippen molar-refractivity contribution in [2.24, 2.45) is 0 Å². The van der Waals surface area contributed by atoms with Crippen molar-refractivity contribution in [1.29, 1.82) is 0 Å². The number of carbonyl (C=O) groups is 3. The number of benzene rings is 1. The molecule has 21 heavy (non-hydrogen) atoms. The fourth-order valence-electron chi connectivity index (χ4n) is 2.08. The lowest BCUT2D eigenvalue weighted by molar-refractivity contribution is -0.138. The maximum absolute atomic E-state index is 12.4. The summed E-state index contributed by atoms with van der Waals surface area (Å²) < 4.78 is 15.0. The number of Topliss-reactive ketones (excluding diaryl/α,β-unsaturated/α-hetero) is 1. The van der Waals surface area contributed by atoms with E-state index in [2.05, 4.69) is 0 Å². The van der Waals surface area contributed by atoms with Crippen LogP contribution < -0.4 is 9.47 Å². The number of ether oxygens (including phenoxy) is 3. The maximum Gasteiger partial charge on any atom is 0.342 e. The average Bonchev–Trinajstić information content (AvgIpc) is 2.49. The number of esters is 1. The van der Waals surface area contributed by atoms with Gasteiger partial charge in [-0.25, -0.2) is 4.79 Å². The lowest BCUT2D eigenvalue weighted by Gasteiger charge is -2.17. The van der Waals surface area contributed by atoms with Gasteiger partial charge in [0.05, 0.1) is 26.4 Å². The van der Waals surface area contributed by atoms with Gasteiger partial charge in [-0.15, -0.1) is 0 Å². The van der Waals surface area contributed by atoms with Crippen molar-refractivity contribution in [2.75, 3.05) is 20.8 Å². The molecule has 6 heteroatoms. The Kier molecular flexibility index (Phi) is 4.07. The summed E-state index contributed by atoms with van der Waals surface area (Å²) >= 11 is 0. The number of hydrogen-bond acceptors (Lipinski definition) is 6. The Balaban J connectivity index is 2.58. The number of rotatable bonds is 4. The van der Waals surface area contributed by atoms with E-state index >= 15 is 0 Å². The molecule has 0 aromatic heterocycles. The van der Waals surface area contributed by atoms with Gasteiger partial charge in [0, 0.05) is 17.7 Å². The zero-order valence-electron chi connectivity index (χ0n) is 11.9. The highest BCUT2D eigenvalue weighted by atomic mass is 16.5. The van der Waals surface area contributed by atoms with Crippen molar-refractivity contribution in [3.05, 3.63) is 34.9 Å². The van der Waals surface area contributed by atoms with E-state index in [4.69, 9.17) is 14.2 Å². The van der Waals surface area contributed by atoms with Gasteiger partial charge in [0.2, 0.25) is 5.78 Å². The normalized spacial score (nSPS) is 13.4. The van der Waals surface area contributed by atoms with E-state index < -0.39 is 17.5 Å². The predicted octanol–water partition coefficient (Wildman–Crippen LogP) is 1.57. The van der Waals surface area contributed by atoms with E-state index in [0.29, 0.717) is 5.75 Å². The Labute approximate surface area is 121 Å². The molecule has 0 bridgehead atoms. The van der Waals surface area contributed by atoms with Gasteiger partial charge in [-0.1, -0.05) is 0 Å². The molecule has 0 fully saturated rings. The molecule has 2 rings (SSSR count). The summed E-state index contributed by atoms with van der Waals surface area (Å²) in [5.41, 5.74) is -0.0947. The molecule has 0 aliphatic heterocycles. The largest absolute Gasteiger partial charge is 0.497 e. The van der Waals surface area contributed by atoms with Crippen LogP contribution in [-0.2, 0) is 9.53 Å². The Morgan fingerprint density at radius 1 is 1.14 bits per heavy atom. The molecule has 0 heterocycles. The van der Waals surface area contributed by atoms with E-state index in [-0.39, 0.29) is 29.1 Å². The average molecular weight is 290 g/mol. The Hall–Kier alpha value is -2.63. The molecule has 0 unspecified atom stereocenters. The number of allylic oxidation sites excluding steroid dienone is 1. The molecule has 110 valence electrons. The zero-order valence-corrected chi connectivity index (χ0v) is 11.9. The van der Waals surface area contributed by atoms with Crippen LogP contribution in [0.1, 0.15) is 27.6 Å². The smallest absolute Gasteiger partial charge is 0.342 e. The third-order valence-electron chi connectivity index (χ3n) is 3.04. The lowest BCUT2D eigenvalue weighted by Crippen LogP contribution is -2.24. The highest BCUT2D eigenvalue weighted by molar-refractivity contribution is 6.34. The topological polar surface area (TPSA) is 78.9 Å². The fraction of sp³-hybridized carbons (Fsp3) is 0.267. The minimum atomic E-state index is -0.816. The second-order valence-corrected chi connectivity index (χ2v) is 4.22. The van der Waals surface area contributed by atoms with Crippen LogP contribution >= 0.6 is 0 Å². The third-order valence-corrected chi connectivity index (χ3v) is 3.04. The molecule has 1 aromatic carbocycles. The Bertz CT molecular complexity index is 656. The molecular formula is C15H14O6. The zero-order chi connectivity index (χ0) is 15.6. The van der Waals surface area contributed by atoms with E-state index in [0.717, 1.165) is 6.08 Å². The van der Waals surface area contributed by atoms with Gasteiger partial charge in [0.15, 0.2) is 5.78 Å². The van der Waals surface area contributed by atoms with Crippen LogP contribution in [0, 0.1) is 0 Å². The van der Waals surface area contributed by atoms with E-state index in [1.807, 2.05) is 0 Å². The van der Waals surface area contributed by atoms with Gasteiger partial charge < -0.3 is 14.2 Å². The first-order valence-corrected chi connectivity index (χ1v) is 6.27. The standard InChI is InChI=1S/C15H14O6/c1-4-21-15(18)10-7-11(16)13-9(14(10)17)5-8(19-2)6-12(13)20-3/h5-7H,4H2,1-3H3. The van der Waals surface area contributed by atoms with Crippen molar-refractivity contribution < 1.29 is 28.6 Å². The summed E-state index contributed by atoms with van der Waals surface area (Å²) in [4.78, 5) is 36.3. The van der Waals surface area contributed by atoms with Crippen LogP contribution in [0.4, 0.5) is 0 Å². The van der Waals surface area contributed by atoms with Gasteiger partial charge in [-0.05, 0) is 13.0 Å². The molecule has 0 spiro atoms. The quantitative estimate of drug-likeness (QED) is 0.618. The monoisotopic (exact) mass is 290 g/mol. The first-order valence-electron chi connectivity index (χ1n) is 6.27. The molecular weight excluding hydrogens is 276 g/mol. The highest BCUT2D eigenvalue weighted by Crippen LogP contribution is 2.33. The van der Waals surface area contributed by atoms with E-state index in [1.54, 1.807) is 6.92 Å². The minimum Gasteiger partial charge on any atom is -0.497 e. The molecule has 0 saturated heterocycles. The number of fused-ring (bicyclic) bond motifs is 1. The fourth-order valence-corrected chi connectivity index (χ4v) is 2.08. The van der Waals surface area contributed by atoms with Crippen LogP contribution in [0.25, 0.3) is 0 Å². The van der Waals surface area contributed by atoms with Gasteiger partial charge in [0.1, 0.15) is 17.1 Å². The summed E-state index contributed by atoms with van der Waals surface area (Å²) in [5, 5.41) is 0. The van der Waals surface area contributed by atoms with Crippen LogP contribution in [0.15, 0.2) is 23.8 Å². The summed E-state index contributed by atoms with van der Waals surface area (Å²) in [6, 6.07) is 2.91. The number of methoxy groups -OCH3 is 2. The first kappa shape index (κ1) is 14.8. The Morgan fingerprint density at radius 2 is 1.86 bits per heavy atom. The second kappa shape index (κ2) is 5.78. The molecule has 1 aliphatic carbocycles. The van der Waals surface area contributed by atoms with E-state index in [9.17, 15) is 14.4 Å². The van der Waals surface area contributed by atoms with Crippen molar-refractivity contribution in [2.45, 2.75) is 6.92 Å². The molecule has 0 radical (unpaired) electrons. The predicted molar refractivity (Wildman–Crippen MR) is 72.9 cm³/mol. The molecule has 0 amide bonds. The molecule has 6 nitrogen and oxygen atoms in total. The molecule has 0 atom stereocenters. The number of carbonyl (C=O) groups excluding carboxylic acids is 3. The first-order chi connectivity index (χ1) is 10.0. The third kappa shape index (κ3) is 2.52. The molecule has 1 aliphatic rings. The SMILES string of the molecule is CCOC(=O)C1=CC(=O)c2c(OC)cc(OC)cc2C1=O. The van der Waals surface area contributed by atoms with Gasteiger partial charge in [-0.2, -0.15) is 0 Å². The molecule has 0 saturated carbocycles. The van der Waals surface area contributed by atoms with Crippen LogP contribution in [0.5, 0.6) is 11.5 Å². The van der Waals surface area contributed by atoms with Gasteiger partial charge >= 0.3 is 5.97 Å². The molecule has 1 aromatic rings. The van der Waals surface area contributed by atoms with Crippen molar-refractivity contribution in [3.63, 3.8) is 0 Å². The summed E-state index contributed by atoms with van der Waals surface area (Å²) in [6.07, 6.45) is 0.984. The van der Waals surface area contributed by atoms with E-state index in [1.165, 1.54) is 26.4 Å². The highest BCUT2D eigenvalue weighted by Gasteiger charge is 2.33. The summed E-state index contributed by atoms with van der Waals surface area (Å²) in [5.74, 6) is -1.30. The maximum atomic E-state index is 12.4. The minimum absolute atomic E-state index is 0.0711. The van der Waals surface area contributed by atoms with Gasteiger partial charge in [-0.3, -0.25) is 9.59 Å². The second-order valence-electron chi connectivity index (χ2n) is 4.22. The van der Waals surface area contributed by atoms with Crippen LogP contribution in [0.2, 0.25) is 0 Å². The number of ketones is 2.